The van der Waals surface area contributed by atoms with Crippen molar-refractivity contribution in [3.63, 3.8) is 0 Å². The molecule has 2 N–H and O–H groups in total. The number of aliphatic hydroxyl groups excluding tert-OH is 1. The maximum Gasteiger partial charge on any atom is 0.123 e. The second kappa shape index (κ2) is 9.04. The van der Waals surface area contributed by atoms with Crippen LogP contribution in [-0.4, -0.2) is 38.7 Å². The standard InChI is InChI=1S/C24H23N5O3/c1-14-13-26-27-15(2)23(14)16(3)32-19-4-5-22-21(11-19)24(29-28-22)18-8-17(12-25)9-20(10-18)31-7-6-30/h4-5,8-11,13,16,30H,6-7H2,1-3H3,(H,28,29)/t16-/m1/s1. The Morgan fingerprint density at radius 1 is 1.16 bits per heavy atom. The number of hydrogen-bond acceptors (Lipinski definition) is 7. The third-order valence-electron chi connectivity index (χ3n) is 5.20. The highest BCUT2D eigenvalue weighted by molar-refractivity contribution is 5.94. The van der Waals surface area contributed by atoms with Crippen LogP contribution in [0, 0.1) is 25.2 Å². The Morgan fingerprint density at radius 2 is 2.00 bits per heavy atom. The van der Waals surface area contributed by atoms with Gasteiger partial charge in [-0.3, -0.25) is 5.10 Å². The van der Waals surface area contributed by atoms with Crippen LogP contribution in [0.2, 0.25) is 0 Å². The number of rotatable bonds is 7. The number of benzene rings is 2. The van der Waals surface area contributed by atoms with E-state index in [2.05, 4.69) is 26.5 Å². The van der Waals surface area contributed by atoms with Gasteiger partial charge >= 0.3 is 0 Å². The number of aromatic nitrogens is 4. The summed E-state index contributed by atoms with van der Waals surface area (Å²) < 4.78 is 11.8. The summed E-state index contributed by atoms with van der Waals surface area (Å²) >= 11 is 0. The lowest BCUT2D eigenvalue weighted by Gasteiger charge is -2.18. The molecule has 0 aliphatic rings. The van der Waals surface area contributed by atoms with Crippen LogP contribution in [0.15, 0.2) is 42.6 Å². The molecule has 0 saturated heterocycles. The molecule has 0 aliphatic heterocycles. The number of ether oxygens (including phenoxy) is 2. The van der Waals surface area contributed by atoms with Crippen molar-refractivity contribution in [2.75, 3.05) is 13.2 Å². The molecule has 0 fully saturated rings. The third-order valence-corrected chi connectivity index (χ3v) is 5.20. The van der Waals surface area contributed by atoms with Crippen molar-refractivity contribution in [2.24, 2.45) is 0 Å². The Bertz CT molecular complexity index is 1290. The summed E-state index contributed by atoms with van der Waals surface area (Å²) in [7, 11) is 0. The van der Waals surface area contributed by atoms with Gasteiger partial charge in [0.2, 0.25) is 0 Å². The average Bonchev–Trinajstić information content (AvgIpc) is 3.20. The van der Waals surface area contributed by atoms with E-state index in [1.54, 1.807) is 24.4 Å². The molecule has 0 bridgehead atoms. The van der Waals surface area contributed by atoms with Crippen LogP contribution in [-0.2, 0) is 0 Å². The van der Waals surface area contributed by atoms with Crippen molar-refractivity contribution in [3.8, 4) is 28.8 Å². The summed E-state index contributed by atoms with van der Waals surface area (Å²) in [4.78, 5) is 0. The van der Waals surface area contributed by atoms with Gasteiger partial charge < -0.3 is 14.6 Å². The van der Waals surface area contributed by atoms with Gasteiger partial charge in [-0.25, -0.2) is 0 Å². The van der Waals surface area contributed by atoms with Crippen molar-refractivity contribution in [3.05, 3.63) is 65.0 Å². The zero-order valence-electron chi connectivity index (χ0n) is 18.1. The normalized spacial score (nSPS) is 11.8. The van der Waals surface area contributed by atoms with Crippen molar-refractivity contribution >= 4 is 10.9 Å². The topological polar surface area (TPSA) is 117 Å². The van der Waals surface area contributed by atoms with Gasteiger partial charge in [-0.2, -0.15) is 20.6 Å². The van der Waals surface area contributed by atoms with E-state index >= 15 is 0 Å². The third kappa shape index (κ3) is 4.24. The number of aryl methyl sites for hydroxylation is 2. The van der Waals surface area contributed by atoms with E-state index in [-0.39, 0.29) is 19.3 Å². The number of hydrogen-bond donors (Lipinski definition) is 2. The highest BCUT2D eigenvalue weighted by Crippen LogP contribution is 2.33. The molecule has 2 aromatic heterocycles. The monoisotopic (exact) mass is 429 g/mol. The van der Waals surface area contributed by atoms with Gasteiger partial charge in [0.1, 0.15) is 29.9 Å². The maximum absolute atomic E-state index is 9.41. The summed E-state index contributed by atoms with van der Waals surface area (Å²) in [5.41, 5.74) is 5.59. The zero-order chi connectivity index (χ0) is 22.7. The van der Waals surface area contributed by atoms with Gasteiger partial charge in [0.15, 0.2) is 0 Å². The number of aliphatic hydroxyl groups is 1. The largest absolute Gasteiger partial charge is 0.491 e. The first kappa shape index (κ1) is 21.3. The fourth-order valence-corrected chi connectivity index (χ4v) is 3.82. The Kier molecular flexibility index (Phi) is 6.01. The van der Waals surface area contributed by atoms with Crippen molar-refractivity contribution < 1.29 is 14.6 Å². The lowest BCUT2D eigenvalue weighted by molar-refractivity contribution is 0.201. The molecule has 0 spiro atoms. The SMILES string of the molecule is Cc1cnnc(C)c1[C@@H](C)Oc1ccc2[nH]nc(-c3cc(C#N)cc(OCCO)c3)c2c1. The maximum atomic E-state index is 9.41. The molecule has 2 heterocycles. The molecule has 1 atom stereocenters. The van der Waals surface area contributed by atoms with Crippen molar-refractivity contribution in [1.82, 2.24) is 20.4 Å². The minimum atomic E-state index is -0.210. The van der Waals surface area contributed by atoms with Gasteiger partial charge in [0.25, 0.3) is 0 Å². The molecule has 32 heavy (non-hydrogen) atoms. The Morgan fingerprint density at radius 3 is 2.75 bits per heavy atom. The van der Waals surface area contributed by atoms with E-state index in [0.717, 1.165) is 33.3 Å². The smallest absolute Gasteiger partial charge is 0.123 e. The second-order valence-corrected chi connectivity index (χ2v) is 7.50. The van der Waals surface area contributed by atoms with E-state index in [1.165, 1.54) is 0 Å². The molecule has 4 rings (SSSR count). The van der Waals surface area contributed by atoms with Crippen LogP contribution < -0.4 is 9.47 Å². The van der Waals surface area contributed by atoms with Crippen LogP contribution in [0.4, 0.5) is 0 Å². The number of fused-ring (bicyclic) bond motifs is 1. The van der Waals surface area contributed by atoms with Crippen molar-refractivity contribution in [2.45, 2.75) is 26.9 Å². The molecule has 8 nitrogen and oxygen atoms in total. The van der Waals surface area contributed by atoms with E-state index < -0.39 is 0 Å². The van der Waals surface area contributed by atoms with Gasteiger partial charge in [-0.05, 0) is 62.7 Å². The first-order valence-corrected chi connectivity index (χ1v) is 10.2. The Labute approximate surface area is 185 Å². The van der Waals surface area contributed by atoms with Gasteiger partial charge in [0, 0.05) is 16.5 Å². The number of H-pyrrole nitrogens is 1. The van der Waals surface area contributed by atoms with Gasteiger partial charge in [-0.1, -0.05) is 0 Å². The lowest BCUT2D eigenvalue weighted by Crippen LogP contribution is -2.09. The fraction of sp³-hybridized carbons (Fsp3) is 0.250. The molecule has 0 radical (unpaired) electrons. The number of nitrogens with zero attached hydrogens (tertiary/aromatic N) is 4. The minimum Gasteiger partial charge on any atom is -0.491 e. The summed E-state index contributed by atoms with van der Waals surface area (Å²) in [5, 5.41) is 34.9. The molecule has 8 heteroatoms. The number of nitrogens with one attached hydrogen (secondary N) is 1. The van der Waals surface area contributed by atoms with Crippen LogP contribution in [0.3, 0.4) is 0 Å². The highest BCUT2D eigenvalue weighted by atomic mass is 16.5. The van der Waals surface area contributed by atoms with Crippen molar-refractivity contribution in [1.29, 1.82) is 5.26 Å². The van der Waals surface area contributed by atoms with E-state index in [0.29, 0.717) is 22.8 Å². The Hall–Kier alpha value is -3.96. The van der Waals surface area contributed by atoms with Crippen LogP contribution in [0.25, 0.3) is 22.2 Å². The van der Waals surface area contributed by atoms with Gasteiger partial charge in [0.05, 0.1) is 35.6 Å². The minimum absolute atomic E-state index is 0.109. The van der Waals surface area contributed by atoms with Crippen LogP contribution in [0.5, 0.6) is 11.5 Å². The quantitative estimate of drug-likeness (QED) is 0.456. The van der Waals surface area contributed by atoms with Gasteiger partial charge in [-0.15, -0.1) is 0 Å². The Balaban J connectivity index is 1.70. The molecule has 162 valence electrons. The van der Waals surface area contributed by atoms with E-state index in [1.807, 2.05) is 39.0 Å². The van der Waals surface area contributed by atoms with E-state index in [4.69, 9.17) is 14.6 Å². The molecule has 0 amide bonds. The number of aromatic amines is 1. The predicted octanol–water partition coefficient (Wildman–Crippen LogP) is 4.02. The fourth-order valence-electron chi connectivity index (χ4n) is 3.82. The summed E-state index contributed by atoms with van der Waals surface area (Å²) in [6.45, 7) is 5.94. The molecule has 0 aliphatic carbocycles. The van der Waals surface area contributed by atoms with Crippen LogP contribution in [0.1, 0.15) is 35.4 Å². The first-order valence-electron chi connectivity index (χ1n) is 10.2. The second-order valence-electron chi connectivity index (χ2n) is 7.50. The highest BCUT2D eigenvalue weighted by Gasteiger charge is 2.16. The molecule has 2 aromatic carbocycles. The lowest BCUT2D eigenvalue weighted by atomic mass is 10.0. The molecular formula is C24H23N5O3. The molecule has 0 saturated carbocycles. The summed E-state index contributed by atoms with van der Waals surface area (Å²) in [5.74, 6) is 1.19. The average molecular weight is 429 g/mol. The molecule has 0 unspecified atom stereocenters. The molecule has 4 aromatic rings. The summed E-state index contributed by atoms with van der Waals surface area (Å²) in [6, 6.07) is 13.1. The number of nitriles is 1. The zero-order valence-corrected chi connectivity index (χ0v) is 18.1. The summed E-state index contributed by atoms with van der Waals surface area (Å²) in [6.07, 6.45) is 1.52. The van der Waals surface area contributed by atoms with Crippen LogP contribution >= 0.6 is 0 Å². The first-order chi connectivity index (χ1) is 15.5. The molecular weight excluding hydrogens is 406 g/mol. The predicted molar refractivity (Wildman–Crippen MR) is 119 cm³/mol. The van der Waals surface area contributed by atoms with E-state index in [9.17, 15) is 5.26 Å².